The van der Waals surface area contributed by atoms with Gasteiger partial charge in [0.25, 0.3) is 0 Å². The number of hydrogen-bond acceptors (Lipinski definition) is 0. The van der Waals surface area contributed by atoms with Crippen molar-refractivity contribution in [3.05, 3.63) is 261 Å². The lowest BCUT2D eigenvalue weighted by molar-refractivity contribution is 1.17. The third kappa shape index (κ3) is 5.45. The molecule has 1 atom stereocenters. The molecule has 3 nitrogen and oxygen atoms in total. The van der Waals surface area contributed by atoms with E-state index >= 15 is 0 Å². The fraction of sp³-hybridized carbons (Fsp3) is 0. The van der Waals surface area contributed by atoms with Gasteiger partial charge in [-0.05, 0) is 122 Å². The Morgan fingerprint density at radius 2 is 0.643 bits per heavy atom. The smallest absolute Gasteiger partial charge is 0.180 e. The lowest BCUT2D eigenvalue weighted by atomic mass is 10.0. The zero-order chi connectivity index (χ0) is 45.9. The largest absolute Gasteiger partial charge is 0.309 e. The van der Waals surface area contributed by atoms with E-state index < -0.39 is 8.07 Å². The quantitative estimate of drug-likeness (QED) is 0.148. The van der Waals surface area contributed by atoms with Crippen molar-refractivity contribution >= 4 is 94.2 Å². The number of para-hydroxylation sites is 5. The Balaban J connectivity index is 0.886. The molecule has 0 amide bonds. The lowest BCUT2D eigenvalue weighted by Gasteiger charge is -2.31. The second-order valence-electron chi connectivity index (χ2n) is 18.8. The van der Waals surface area contributed by atoms with Crippen molar-refractivity contribution in [2.75, 3.05) is 0 Å². The maximum Gasteiger partial charge on any atom is 0.180 e. The highest BCUT2D eigenvalue weighted by molar-refractivity contribution is 7.22. The molecule has 1 aliphatic rings. The number of aromatic nitrogens is 3. The molecule has 14 aromatic rings. The van der Waals surface area contributed by atoms with Gasteiger partial charge < -0.3 is 13.7 Å². The summed E-state index contributed by atoms with van der Waals surface area (Å²) in [7, 11) is -2.78. The lowest BCUT2D eigenvalue weighted by Crippen LogP contribution is -2.72. The fourth-order valence-corrected chi connectivity index (χ4v) is 17.5. The molecular weight excluding hydrogens is 863 g/mol. The van der Waals surface area contributed by atoms with Gasteiger partial charge in [-0.1, -0.05) is 182 Å². The first-order chi connectivity index (χ1) is 34.7. The summed E-state index contributed by atoms with van der Waals surface area (Å²) in [6.07, 6.45) is 0. The molecule has 4 heteroatoms. The van der Waals surface area contributed by atoms with Gasteiger partial charge in [-0.25, -0.2) is 0 Å². The van der Waals surface area contributed by atoms with Gasteiger partial charge in [0.05, 0.1) is 33.1 Å². The first-order valence-corrected chi connectivity index (χ1v) is 26.3. The molecule has 0 bridgehead atoms. The Bertz CT molecular complexity index is 4350. The Morgan fingerprint density at radius 1 is 0.229 bits per heavy atom. The second-order valence-corrected chi connectivity index (χ2v) is 22.5. The minimum absolute atomic E-state index is 1.16. The summed E-state index contributed by atoms with van der Waals surface area (Å²) in [5.74, 6) is 0. The summed E-state index contributed by atoms with van der Waals surface area (Å²) >= 11 is 0. The molecule has 0 spiro atoms. The van der Waals surface area contributed by atoms with Crippen LogP contribution in [0.15, 0.2) is 261 Å². The Kier molecular flexibility index (Phi) is 8.38. The number of fused-ring (bicyclic) bond motifs is 12. The summed E-state index contributed by atoms with van der Waals surface area (Å²) in [6, 6.07) is 97.5. The van der Waals surface area contributed by atoms with Crippen molar-refractivity contribution in [1.82, 2.24) is 13.7 Å². The molecule has 0 saturated heterocycles. The standard InChI is InChI=1S/C66H43N3Si/c1-3-17-46(18-4-1)67-61-28-14-9-23-53(61)56-41-45(33-38-63(56)67)44-31-36-50(37-32-44)70(49-19-5-2-6-20-49)65-30-16-11-25-55(65)58-43-48(35-40-66(58)70)69-62-29-15-10-24-54(62)57-42-47(34-39-64(57)69)68-59-26-12-7-21-51(59)52-22-8-13-27-60(52)68/h1-43H. The van der Waals surface area contributed by atoms with E-state index in [1.54, 1.807) is 0 Å². The maximum atomic E-state index is 2.48. The van der Waals surface area contributed by atoms with Crippen LogP contribution in [0.25, 0.3) is 105 Å². The molecule has 0 radical (unpaired) electrons. The molecule has 0 saturated carbocycles. The van der Waals surface area contributed by atoms with Crippen LogP contribution in [0, 0.1) is 0 Å². The molecule has 0 aliphatic carbocycles. The third-order valence-electron chi connectivity index (χ3n) is 15.3. The van der Waals surface area contributed by atoms with Crippen molar-refractivity contribution in [3.63, 3.8) is 0 Å². The summed E-state index contributed by atoms with van der Waals surface area (Å²) in [6.45, 7) is 0. The van der Waals surface area contributed by atoms with Crippen LogP contribution in [0.5, 0.6) is 0 Å². The van der Waals surface area contributed by atoms with Crippen LogP contribution in [-0.4, -0.2) is 21.8 Å². The predicted octanol–water partition coefficient (Wildman–Crippen LogP) is 14.0. The second kappa shape index (κ2) is 15.0. The molecule has 4 heterocycles. The van der Waals surface area contributed by atoms with Crippen molar-refractivity contribution in [2.24, 2.45) is 0 Å². The molecule has 1 unspecified atom stereocenters. The van der Waals surface area contributed by atoms with Gasteiger partial charge in [0.2, 0.25) is 0 Å². The average Bonchev–Trinajstić information content (AvgIpc) is 4.15. The van der Waals surface area contributed by atoms with Gasteiger partial charge in [0.1, 0.15) is 0 Å². The van der Waals surface area contributed by atoms with E-state index in [-0.39, 0.29) is 0 Å². The van der Waals surface area contributed by atoms with Crippen LogP contribution in [0.1, 0.15) is 0 Å². The fourth-order valence-electron chi connectivity index (χ4n) is 12.4. The molecule has 15 rings (SSSR count). The van der Waals surface area contributed by atoms with Crippen molar-refractivity contribution in [3.8, 4) is 39.3 Å². The minimum atomic E-state index is -2.78. The van der Waals surface area contributed by atoms with Crippen LogP contribution >= 0.6 is 0 Å². The Hall–Kier alpha value is -8.96. The molecule has 70 heavy (non-hydrogen) atoms. The molecule has 3 aromatic heterocycles. The van der Waals surface area contributed by atoms with Crippen LogP contribution in [0.4, 0.5) is 0 Å². The predicted molar refractivity (Wildman–Crippen MR) is 298 cm³/mol. The van der Waals surface area contributed by atoms with E-state index in [1.165, 1.54) is 120 Å². The van der Waals surface area contributed by atoms with E-state index in [9.17, 15) is 0 Å². The summed E-state index contributed by atoms with van der Waals surface area (Å²) in [5, 5.41) is 13.2. The van der Waals surface area contributed by atoms with Gasteiger partial charge in [-0.15, -0.1) is 0 Å². The zero-order valence-corrected chi connectivity index (χ0v) is 39.2. The molecular formula is C66H43N3Si. The normalized spacial score (nSPS) is 14.3. The molecule has 326 valence electrons. The van der Waals surface area contributed by atoms with E-state index in [1.807, 2.05) is 0 Å². The summed E-state index contributed by atoms with van der Waals surface area (Å²) in [4.78, 5) is 0. The number of rotatable bonds is 6. The highest BCUT2D eigenvalue weighted by Crippen LogP contribution is 2.40. The van der Waals surface area contributed by atoms with Gasteiger partial charge in [-0.2, -0.15) is 0 Å². The van der Waals surface area contributed by atoms with E-state index in [2.05, 4.69) is 275 Å². The van der Waals surface area contributed by atoms with Crippen molar-refractivity contribution in [2.45, 2.75) is 0 Å². The highest BCUT2D eigenvalue weighted by atomic mass is 28.3. The van der Waals surface area contributed by atoms with E-state index in [0.717, 1.165) is 5.69 Å². The van der Waals surface area contributed by atoms with Gasteiger partial charge >= 0.3 is 0 Å². The SMILES string of the molecule is c1ccc(-n2c3ccccc3c3cc(-c4ccc([Si]5(c6ccccc6)c6ccccc6-c6cc(-n7c8ccccc8c8cc(-n9c%10ccccc%10c%10ccccc%109)ccc87)ccc65)cc4)ccc32)cc1. The maximum absolute atomic E-state index is 2.78. The molecule has 0 fully saturated rings. The molecule has 0 N–H and O–H groups in total. The minimum Gasteiger partial charge on any atom is -0.309 e. The number of nitrogens with zero attached hydrogens (tertiary/aromatic N) is 3. The summed E-state index contributed by atoms with van der Waals surface area (Å²) < 4.78 is 7.29. The number of benzene rings is 11. The monoisotopic (exact) mass is 905 g/mol. The Morgan fingerprint density at radius 3 is 1.27 bits per heavy atom. The third-order valence-corrected chi connectivity index (χ3v) is 20.2. The van der Waals surface area contributed by atoms with Crippen molar-refractivity contribution < 1.29 is 0 Å². The first-order valence-electron chi connectivity index (χ1n) is 24.3. The van der Waals surface area contributed by atoms with Gasteiger partial charge in [-0.3, -0.25) is 0 Å². The topological polar surface area (TPSA) is 14.8 Å². The zero-order valence-electron chi connectivity index (χ0n) is 38.2. The van der Waals surface area contributed by atoms with Crippen LogP contribution in [0.2, 0.25) is 0 Å². The van der Waals surface area contributed by atoms with E-state index in [4.69, 9.17) is 0 Å². The Labute approximate surface area is 406 Å². The van der Waals surface area contributed by atoms with Crippen LogP contribution in [0.3, 0.4) is 0 Å². The summed E-state index contributed by atoms with van der Waals surface area (Å²) in [5.41, 5.74) is 15.9. The average molecular weight is 906 g/mol. The van der Waals surface area contributed by atoms with Crippen molar-refractivity contribution in [1.29, 1.82) is 0 Å². The number of hydrogen-bond donors (Lipinski definition) is 0. The van der Waals surface area contributed by atoms with Gasteiger partial charge in [0, 0.05) is 49.4 Å². The van der Waals surface area contributed by atoms with E-state index in [0.29, 0.717) is 0 Å². The van der Waals surface area contributed by atoms with Gasteiger partial charge in [0.15, 0.2) is 8.07 Å². The molecule has 1 aliphatic heterocycles. The van der Waals surface area contributed by atoms with Crippen LogP contribution in [-0.2, 0) is 0 Å². The molecule has 11 aromatic carbocycles. The first kappa shape index (κ1) is 39.1. The van der Waals surface area contributed by atoms with Crippen LogP contribution < -0.4 is 20.7 Å². The highest BCUT2D eigenvalue weighted by Gasteiger charge is 2.48.